The molecular formula is C12H10N2O. The van der Waals surface area contributed by atoms with Crippen LogP contribution in [0.1, 0.15) is 17.2 Å². The molecule has 2 aromatic rings. The maximum Gasteiger partial charge on any atom is 0.111 e. The van der Waals surface area contributed by atoms with E-state index in [9.17, 15) is 0 Å². The molecule has 0 fully saturated rings. The van der Waals surface area contributed by atoms with Gasteiger partial charge < -0.3 is 4.74 Å². The Balaban J connectivity index is 2.31. The summed E-state index contributed by atoms with van der Waals surface area (Å²) in [6.45, 7) is 0. The predicted molar refractivity (Wildman–Crippen MR) is 56.3 cm³/mol. The van der Waals surface area contributed by atoms with Gasteiger partial charge in [-0.25, -0.2) is 0 Å². The van der Waals surface area contributed by atoms with Crippen LogP contribution in [0.2, 0.25) is 0 Å². The highest BCUT2D eigenvalue weighted by atomic mass is 16.5. The van der Waals surface area contributed by atoms with Crippen molar-refractivity contribution in [1.82, 2.24) is 9.97 Å². The van der Waals surface area contributed by atoms with Crippen LogP contribution in [0.5, 0.6) is 0 Å². The Hall–Kier alpha value is -1.74. The largest absolute Gasteiger partial charge is 0.372 e. The van der Waals surface area contributed by atoms with Gasteiger partial charge in [-0.05, 0) is 12.1 Å². The summed E-state index contributed by atoms with van der Waals surface area (Å²) in [5.74, 6) is 0. The quantitative estimate of drug-likeness (QED) is 0.704. The molecule has 2 aromatic heterocycles. The molecule has 0 bridgehead atoms. The van der Waals surface area contributed by atoms with Crippen LogP contribution in [-0.4, -0.2) is 17.1 Å². The van der Waals surface area contributed by atoms with Gasteiger partial charge in [-0.15, -0.1) is 0 Å². The number of ether oxygens (including phenoxy) is 1. The first kappa shape index (κ1) is 8.56. The lowest BCUT2D eigenvalue weighted by Crippen LogP contribution is -1.98. The molecule has 3 heteroatoms. The van der Waals surface area contributed by atoms with E-state index >= 15 is 0 Å². The fourth-order valence-corrected chi connectivity index (χ4v) is 2.08. The zero-order valence-electron chi connectivity index (χ0n) is 8.34. The molecule has 0 aromatic carbocycles. The van der Waals surface area contributed by atoms with Crippen molar-refractivity contribution in [1.29, 1.82) is 0 Å². The van der Waals surface area contributed by atoms with Gasteiger partial charge in [0.25, 0.3) is 0 Å². The minimum Gasteiger partial charge on any atom is -0.372 e. The van der Waals surface area contributed by atoms with Gasteiger partial charge in [0.2, 0.25) is 0 Å². The minimum atomic E-state index is -0.0163. The number of rotatable bonds is 1. The van der Waals surface area contributed by atoms with Gasteiger partial charge in [0.15, 0.2) is 0 Å². The summed E-state index contributed by atoms with van der Waals surface area (Å²) in [4.78, 5) is 8.71. The SMILES string of the molecule is COC1c2cccnc2-c2ncccc21. The molecule has 0 aliphatic heterocycles. The van der Waals surface area contributed by atoms with E-state index in [2.05, 4.69) is 9.97 Å². The molecule has 0 amide bonds. The Bertz CT molecular complexity index is 465. The molecule has 3 nitrogen and oxygen atoms in total. The number of pyridine rings is 2. The first-order chi connectivity index (χ1) is 7.42. The van der Waals surface area contributed by atoms with Crippen molar-refractivity contribution in [3.05, 3.63) is 47.8 Å². The van der Waals surface area contributed by atoms with Crippen molar-refractivity contribution >= 4 is 0 Å². The summed E-state index contributed by atoms with van der Waals surface area (Å²) in [7, 11) is 1.71. The lowest BCUT2D eigenvalue weighted by atomic mass is 10.1. The second-order valence-corrected chi connectivity index (χ2v) is 3.50. The Morgan fingerprint density at radius 2 is 1.53 bits per heavy atom. The van der Waals surface area contributed by atoms with Crippen LogP contribution in [0, 0.1) is 0 Å². The molecule has 74 valence electrons. The van der Waals surface area contributed by atoms with E-state index < -0.39 is 0 Å². The monoisotopic (exact) mass is 198 g/mol. The van der Waals surface area contributed by atoms with Crippen LogP contribution in [0.15, 0.2) is 36.7 Å². The number of hydrogen-bond donors (Lipinski definition) is 0. The maximum atomic E-state index is 5.48. The molecule has 0 spiro atoms. The smallest absolute Gasteiger partial charge is 0.111 e. The summed E-state index contributed by atoms with van der Waals surface area (Å²) in [6, 6.07) is 7.93. The van der Waals surface area contributed by atoms with Gasteiger partial charge >= 0.3 is 0 Å². The van der Waals surface area contributed by atoms with Gasteiger partial charge in [0.05, 0.1) is 11.4 Å². The molecule has 0 radical (unpaired) electrons. The fraction of sp³-hybridized carbons (Fsp3) is 0.167. The topological polar surface area (TPSA) is 35.0 Å². The molecule has 1 aliphatic carbocycles. The number of methoxy groups -OCH3 is 1. The Morgan fingerprint density at radius 3 is 2.00 bits per heavy atom. The van der Waals surface area contributed by atoms with Crippen LogP contribution < -0.4 is 0 Å². The molecule has 0 N–H and O–H groups in total. The van der Waals surface area contributed by atoms with E-state index in [1.165, 1.54) is 0 Å². The average Bonchev–Trinajstić information content (AvgIpc) is 2.63. The third-order valence-corrected chi connectivity index (χ3v) is 2.70. The summed E-state index contributed by atoms with van der Waals surface area (Å²) >= 11 is 0. The zero-order chi connectivity index (χ0) is 10.3. The Labute approximate surface area is 87.8 Å². The van der Waals surface area contributed by atoms with Crippen molar-refractivity contribution in [2.24, 2.45) is 0 Å². The summed E-state index contributed by atoms with van der Waals surface area (Å²) in [5, 5.41) is 0. The van der Waals surface area contributed by atoms with Crippen molar-refractivity contribution in [2.75, 3.05) is 7.11 Å². The van der Waals surface area contributed by atoms with Crippen LogP contribution >= 0.6 is 0 Å². The standard InChI is InChI=1S/C12H10N2O/c1-15-12-8-4-2-6-13-10(8)11-9(12)5-3-7-14-11/h2-7,12H,1H3. The van der Waals surface area contributed by atoms with Crippen LogP contribution in [0.4, 0.5) is 0 Å². The van der Waals surface area contributed by atoms with Gasteiger partial charge in [0.1, 0.15) is 6.10 Å². The normalized spacial score (nSPS) is 13.7. The van der Waals surface area contributed by atoms with Crippen LogP contribution in [0.25, 0.3) is 11.4 Å². The average molecular weight is 198 g/mol. The number of nitrogens with zero attached hydrogens (tertiary/aromatic N) is 2. The highest BCUT2D eigenvalue weighted by molar-refractivity contribution is 5.71. The number of hydrogen-bond acceptors (Lipinski definition) is 3. The zero-order valence-corrected chi connectivity index (χ0v) is 8.34. The molecule has 2 heterocycles. The molecule has 3 rings (SSSR count). The molecule has 0 saturated carbocycles. The van der Waals surface area contributed by atoms with E-state index in [-0.39, 0.29) is 6.10 Å². The van der Waals surface area contributed by atoms with Gasteiger partial charge in [-0.1, -0.05) is 12.1 Å². The maximum absolute atomic E-state index is 5.48. The van der Waals surface area contributed by atoms with Gasteiger partial charge in [-0.2, -0.15) is 0 Å². The highest BCUT2D eigenvalue weighted by Crippen LogP contribution is 2.41. The third kappa shape index (κ3) is 1.10. The Morgan fingerprint density at radius 1 is 1.00 bits per heavy atom. The molecule has 0 saturated heterocycles. The minimum absolute atomic E-state index is 0.0163. The van der Waals surface area contributed by atoms with Crippen LogP contribution in [0.3, 0.4) is 0 Å². The van der Waals surface area contributed by atoms with Crippen LogP contribution in [-0.2, 0) is 4.74 Å². The molecule has 0 unspecified atom stereocenters. The van der Waals surface area contributed by atoms with Gasteiger partial charge in [-0.3, -0.25) is 9.97 Å². The highest BCUT2D eigenvalue weighted by Gasteiger charge is 2.30. The second-order valence-electron chi connectivity index (χ2n) is 3.50. The first-order valence-electron chi connectivity index (χ1n) is 4.85. The van der Waals surface area contributed by atoms with Crippen molar-refractivity contribution in [3.63, 3.8) is 0 Å². The molecule has 0 atom stereocenters. The summed E-state index contributed by atoms with van der Waals surface area (Å²) < 4.78 is 5.48. The fourth-order valence-electron chi connectivity index (χ4n) is 2.08. The Kier molecular flexibility index (Phi) is 1.79. The van der Waals surface area contributed by atoms with Crippen molar-refractivity contribution < 1.29 is 4.74 Å². The number of aromatic nitrogens is 2. The van der Waals surface area contributed by atoms with Crippen molar-refractivity contribution in [3.8, 4) is 11.4 Å². The van der Waals surface area contributed by atoms with E-state index in [4.69, 9.17) is 4.74 Å². The van der Waals surface area contributed by atoms with E-state index in [0.29, 0.717) is 0 Å². The van der Waals surface area contributed by atoms with Gasteiger partial charge in [0, 0.05) is 30.6 Å². The lowest BCUT2D eigenvalue weighted by molar-refractivity contribution is 0.140. The summed E-state index contributed by atoms with van der Waals surface area (Å²) in [6.07, 6.45) is 3.56. The molecule has 1 aliphatic rings. The van der Waals surface area contributed by atoms with E-state index in [1.54, 1.807) is 19.5 Å². The first-order valence-corrected chi connectivity index (χ1v) is 4.85. The second kappa shape index (κ2) is 3.14. The summed E-state index contributed by atoms with van der Waals surface area (Å²) in [5.41, 5.74) is 4.10. The molecular weight excluding hydrogens is 188 g/mol. The third-order valence-electron chi connectivity index (χ3n) is 2.70. The van der Waals surface area contributed by atoms with E-state index in [0.717, 1.165) is 22.5 Å². The van der Waals surface area contributed by atoms with Crippen molar-refractivity contribution in [2.45, 2.75) is 6.10 Å². The predicted octanol–water partition coefficient (Wildman–Crippen LogP) is 2.19. The van der Waals surface area contributed by atoms with E-state index in [1.807, 2.05) is 24.3 Å². The molecule has 15 heavy (non-hydrogen) atoms. The lowest BCUT2D eigenvalue weighted by Gasteiger charge is -2.09. The number of fused-ring (bicyclic) bond motifs is 3.